The molecule has 1 heterocycles. The lowest BCUT2D eigenvalue weighted by atomic mass is 10.1. The van der Waals surface area contributed by atoms with E-state index in [2.05, 4.69) is 5.32 Å². The SMILES string of the molecule is CCOc1ccc(N2C(=O)C(Cc3ccccc3F)S/C2=C(/C#N)C(=O)NCc2ccccc2)cc1. The van der Waals surface area contributed by atoms with Crippen LogP contribution in [0.1, 0.15) is 18.1 Å². The molecule has 1 unspecified atom stereocenters. The first-order valence-electron chi connectivity index (χ1n) is 11.4. The van der Waals surface area contributed by atoms with Crippen LogP contribution in [0.2, 0.25) is 0 Å². The zero-order valence-electron chi connectivity index (χ0n) is 19.6. The minimum absolute atomic E-state index is 0.123. The van der Waals surface area contributed by atoms with Crippen LogP contribution in [0.15, 0.2) is 89.5 Å². The molecule has 1 atom stereocenters. The van der Waals surface area contributed by atoms with Gasteiger partial charge >= 0.3 is 0 Å². The van der Waals surface area contributed by atoms with Gasteiger partial charge in [0.25, 0.3) is 5.91 Å². The maximum absolute atomic E-state index is 14.3. The summed E-state index contributed by atoms with van der Waals surface area (Å²) in [5.41, 5.74) is 1.59. The Bertz CT molecular complexity index is 1320. The molecule has 36 heavy (non-hydrogen) atoms. The van der Waals surface area contributed by atoms with Crippen LogP contribution in [-0.2, 0) is 22.6 Å². The first-order valence-corrected chi connectivity index (χ1v) is 12.3. The molecule has 0 spiro atoms. The number of benzene rings is 3. The van der Waals surface area contributed by atoms with Gasteiger partial charge in [-0.2, -0.15) is 5.26 Å². The number of amides is 2. The molecule has 1 saturated heterocycles. The van der Waals surface area contributed by atoms with Gasteiger partial charge in [-0.05, 0) is 54.8 Å². The van der Waals surface area contributed by atoms with E-state index >= 15 is 0 Å². The van der Waals surface area contributed by atoms with Crippen molar-refractivity contribution >= 4 is 29.3 Å². The molecule has 1 fully saturated rings. The Morgan fingerprint density at radius 1 is 1.08 bits per heavy atom. The fraction of sp³-hybridized carbons (Fsp3) is 0.179. The third-order valence-corrected chi connectivity index (χ3v) is 6.83. The summed E-state index contributed by atoms with van der Waals surface area (Å²) in [6.07, 6.45) is 0.123. The summed E-state index contributed by atoms with van der Waals surface area (Å²) in [5, 5.41) is 12.2. The van der Waals surface area contributed by atoms with Crippen molar-refractivity contribution in [3.05, 3.63) is 106 Å². The standard InChI is InChI=1S/C28H24FN3O3S/c1-2-35-22-14-12-21(13-15-22)32-27(34)25(16-20-10-6-7-11-24(20)29)36-28(32)23(17-30)26(33)31-18-19-8-4-3-5-9-19/h3-15,25H,2,16,18H2,1H3,(H,31,33)/b28-23-. The van der Waals surface area contributed by atoms with Gasteiger partial charge in [0.2, 0.25) is 5.91 Å². The molecule has 2 amide bonds. The quantitative estimate of drug-likeness (QED) is 0.348. The van der Waals surface area contributed by atoms with Gasteiger partial charge in [0.15, 0.2) is 0 Å². The van der Waals surface area contributed by atoms with Gasteiger partial charge < -0.3 is 10.1 Å². The second-order valence-corrected chi connectivity index (χ2v) is 9.15. The maximum Gasteiger partial charge on any atom is 0.264 e. The van der Waals surface area contributed by atoms with Gasteiger partial charge in [-0.15, -0.1) is 0 Å². The first-order chi connectivity index (χ1) is 17.5. The fourth-order valence-corrected chi connectivity index (χ4v) is 5.11. The van der Waals surface area contributed by atoms with E-state index < -0.39 is 17.0 Å². The fourth-order valence-electron chi connectivity index (χ4n) is 3.81. The van der Waals surface area contributed by atoms with Crippen molar-refractivity contribution in [1.29, 1.82) is 5.26 Å². The molecule has 6 nitrogen and oxygen atoms in total. The topological polar surface area (TPSA) is 82.4 Å². The molecular weight excluding hydrogens is 477 g/mol. The Balaban J connectivity index is 1.68. The Hall–Kier alpha value is -4.09. The number of nitrogens with one attached hydrogen (secondary N) is 1. The molecule has 0 aliphatic carbocycles. The Morgan fingerprint density at radius 3 is 2.44 bits per heavy atom. The number of rotatable bonds is 8. The monoisotopic (exact) mass is 501 g/mol. The molecule has 0 aromatic heterocycles. The number of halogens is 1. The van der Waals surface area contributed by atoms with E-state index in [4.69, 9.17) is 4.74 Å². The molecule has 8 heteroatoms. The van der Waals surface area contributed by atoms with Crippen LogP contribution < -0.4 is 15.0 Å². The second-order valence-electron chi connectivity index (χ2n) is 7.96. The highest BCUT2D eigenvalue weighted by Crippen LogP contribution is 2.42. The number of anilines is 1. The number of hydrogen-bond acceptors (Lipinski definition) is 5. The third-order valence-electron chi connectivity index (χ3n) is 5.57. The van der Waals surface area contributed by atoms with E-state index in [1.165, 1.54) is 11.0 Å². The van der Waals surface area contributed by atoms with Crippen LogP contribution in [0, 0.1) is 17.1 Å². The lowest BCUT2D eigenvalue weighted by Gasteiger charge is -2.19. The van der Waals surface area contributed by atoms with Crippen LogP contribution in [0.4, 0.5) is 10.1 Å². The van der Waals surface area contributed by atoms with Crippen LogP contribution in [-0.4, -0.2) is 23.7 Å². The van der Waals surface area contributed by atoms with E-state index in [0.717, 1.165) is 17.3 Å². The number of nitrogens with zero attached hydrogens (tertiary/aromatic N) is 2. The molecule has 0 saturated carbocycles. The van der Waals surface area contributed by atoms with E-state index in [1.807, 2.05) is 43.3 Å². The van der Waals surface area contributed by atoms with E-state index in [9.17, 15) is 19.2 Å². The number of hydrogen-bond donors (Lipinski definition) is 1. The number of nitriles is 1. The van der Waals surface area contributed by atoms with Crippen LogP contribution in [0.25, 0.3) is 0 Å². The van der Waals surface area contributed by atoms with Crippen molar-refractivity contribution in [2.75, 3.05) is 11.5 Å². The highest BCUT2D eigenvalue weighted by atomic mass is 32.2. The predicted octanol–water partition coefficient (Wildman–Crippen LogP) is 4.97. The van der Waals surface area contributed by atoms with Gasteiger partial charge in [-0.25, -0.2) is 4.39 Å². The number of carbonyl (C=O) groups excluding carboxylic acids is 2. The average Bonchev–Trinajstić information content (AvgIpc) is 3.21. The average molecular weight is 502 g/mol. The lowest BCUT2D eigenvalue weighted by Crippen LogP contribution is -2.32. The molecule has 1 aliphatic rings. The number of thioether (sulfide) groups is 1. The van der Waals surface area contributed by atoms with Gasteiger partial charge in [0.05, 0.1) is 11.9 Å². The molecule has 4 rings (SSSR count). The largest absolute Gasteiger partial charge is 0.494 e. The molecule has 3 aromatic rings. The van der Waals surface area contributed by atoms with Crippen molar-refractivity contribution in [1.82, 2.24) is 5.32 Å². The number of ether oxygens (including phenoxy) is 1. The van der Waals surface area contributed by atoms with Crippen molar-refractivity contribution in [3.63, 3.8) is 0 Å². The third kappa shape index (κ3) is 5.58. The van der Waals surface area contributed by atoms with E-state index in [-0.39, 0.29) is 29.5 Å². The second kappa shape index (κ2) is 11.6. The van der Waals surface area contributed by atoms with Gasteiger partial charge in [0, 0.05) is 12.2 Å². The zero-order chi connectivity index (χ0) is 25.5. The summed E-state index contributed by atoms with van der Waals surface area (Å²) in [7, 11) is 0. The van der Waals surface area contributed by atoms with Gasteiger partial charge in [-0.3, -0.25) is 14.5 Å². The molecule has 0 radical (unpaired) electrons. The summed E-state index contributed by atoms with van der Waals surface area (Å²) < 4.78 is 19.8. The normalized spacial score (nSPS) is 16.4. The minimum atomic E-state index is -0.700. The minimum Gasteiger partial charge on any atom is -0.494 e. The van der Waals surface area contributed by atoms with Crippen molar-refractivity contribution in [2.45, 2.75) is 25.1 Å². The maximum atomic E-state index is 14.3. The highest BCUT2D eigenvalue weighted by Gasteiger charge is 2.41. The summed E-state index contributed by atoms with van der Waals surface area (Å²) in [5.74, 6) is -0.683. The molecule has 182 valence electrons. The highest BCUT2D eigenvalue weighted by molar-refractivity contribution is 8.05. The number of carbonyl (C=O) groups is 2. The van der Waals surface area contributed by atoms with E-state index in [1.54, 1.807) is 42.5 Å². The summed E-state index contributed by atoms with van der Waals surface area (Å²) in [6.45, 7) is 2.60. The van der Waals surface area contributed by atoms with Gasteiger partial charge in [-0.1, -0.05) is 60.3 Å². The van der Waals surface area contributed by atoms with Crippen molar-refractivity contribution < 1.29 is 18.7 Å². The van der Waals surface area contributed by atoms with Crippen LogP contribution in [0.5, 0.6) is 5.75 Å². The molecule has 0 bridgehead atoms. The predicted molar refractivity (Wildman–Crippen MR) is 138 cm³/mol. The van der Waals surface area contributed by atoms with Gasteiger partial charge in [0.1, 0.15) is 28.2 Å². The summed E-state index contributed by atoms with van der Waals surface area (Å²) >= 11 is 1.10. The lowest BCUT2D eigenvalue weighted by molar-refractivity contribution is -0.117. The molecule has 1 aliphatic heterocycles. The summed E-state index contributed by atoms with van der Waals surface area (Å²) in [6, 6.07) is 24.4. The van der Waals surface area contributed by atoms with Crippen LogP contribution in [0.3, 0.4) is 0 Å². The Morgan fingerprint density at radius 2 is 1.78 bits per heavy atom. The summed E-state index contributed by atoms with van der Waals surface area (Å²) in [4.78, 5) is 28.0. The molecule has 1 N–H and O–H groups in total. The van der Waals surface area contributed by atoms with E-state index in [0.29, 0.717) is 23.6 Å². The zero-order valence-corrected chi connectivity index (χ0v) is 20.4. The molecular formula is C28H24FN3O3S. The first kappa shape index (κ1) is 25.0. The Labute approximate surface area is 213 Å². The Kier molecular flexibility index (Phi) is 8.03. The van der Waals surface area contributed by atoms with Crippen molar-refractivity contribution in [3.8, 4) is 11.8 Å². The van der Waals surface area contributed by atoms with Crippen molar-refractivity contribution in [2.24, 2.45) is 0 Å². The van der Waals surface area contributed by atoms with Crippen LogP contribution >= 0.6 is 11.8 Å². The smallest absolute Gasteiger partial charge is 0.264 e. The molecule has 3 aromatic carbocycles.